The van der Waals surface area contributed by atoms with Gasteiger partial charge in [-0.05, 0) is 6.42 Å². The standard InChI is InChI=1S/C10H19N5O/c1-10(2,3)9-13-6-15(14-9)5-4-7(11)8(12)16/h6-7H,4-5,11H2,1-3H3,(H2,12,16). The molecule has 6 heteroatoms. The van der Waals surface area contributed by atoms with E-state index in [0.29, 0.717) is 13.0 Å². The molecule has 90 valence electrons. The monoisotopic (exact) mass is 225 g/mol. The van der Waals surface area contributed by atoms with Gasteiger partial charge < -0.3 is 11.5 Å². The van der Waals surface area contributed by atoms with E-state index in [0.717, 1.165) is 5.82 Å². The van der Waals surface area contributed by atoms with Crippen molar-refractivity contribution in [1.29, 1.82) is 0 Å². The number of hydrogen-bond donors (Lipinski definition) is 2. The Hall–Kier alpha value is -1.43. The smallest absolute Gasteiger partial charge is 0.234 e. The highest BCUT2D eigenvalue weighted by Crippen LogP contribution is 2.16. The highest BCUT2D eigenvalue weighted by Gasteiger charge is 2.18. The first kappa shape index (κ1) is 12.6. The number of carbonyl (C=O) groups excluding carboxylic acids is 1. The van der Waals surface area contributed by atoms with Crippen LogP contribution in [0.4, 0.5) is 0 Å². The first-order valence-corrected chi connectivity index (χ1v) is 5.25. The number of nitrogens with two attached hydrogens (primary N) is 2. The van der Waals surface area contributed by atoms with Gasteiger partial charge >= 0.3 is 0 Å². The van der Waals surface area contributed by atoms with E-state index in [1.165, 1.54) is 0 Å². The fourth-order valence-electron chi connectivity index (χ4n) is 1.16. The van der Waals surface area contributed by atoms with E-state index in [9.17, 15) is 4.79 Å². The van der Waals surface area contributed by atoms with Gasteiger partial charge in [0, 0.05) is 12.0 Å². The molecule has 0 aliphatic carbocycles. The molecule has 6 nitrogen and oxygen atoms in total. The van der Waals surface area contributed by atoms with Crippen LogP contribution in [0, 0.1) is 0 Å². The van der Waals surface area contributed by atoms with Gasteiger partial charge in [-0.25, -0.2) is 4.98 Å². The van der Waals surface area contributed by atoms with Crippen molar-refractivity contribution in [3.05, 3.63) is 12.2 Å². The van der Waals surface area contributed by atoms with Crippen LogP contribution in [-0.4, -0.2) is 26.7 Å². The van der Waals surface area contributed by atoms with Crippen LogP contribution in [0.25, 0.3) is 0 Å². The summed E-state index contributed by atoms with van der Waals surface area (Å²) in [6, 6.07) is -0.623. The molecule has 1 aromatic heterocycles. The van der Waals surface area contributed by atoms with Crippen molar-refractivity contribution in [2.45, 2.75) is 45.2 Å². The van der Waals surface area contributed by atoms with Crippen LogP contribution in [0.5, 0.6) is 0 Å². The summed E-state index contributed by atoms with van der Waals surface area (Å²) in [6.45, 7) is 6.68. The summed E-state index contributed by atoms with van der Waals surface area (Å²) < 4.78 is 1.68. The maximum atomic E-state index is 10.7. The number of carbonyl (C=O) groups is 1. The summed E-state index contributed by atoms with van der Waals surface area (Å²) in [6.07, 6.45) is 2.12. The molecule has 0 bridgehead atoms. The Balaban J connectivity index is 2.57. The zero-order valence-electron chi connectivity index (χ0n) is 9.97. The molecule has 0 aliphatic rings. The number of aromatic nitrogens is 3. The molecule has 1 unspecified atom stereocenters. The van der Waals surface area contributed by atoms with E-state index in [4.69, 9.17) is 11.5 Å². The molecule has 1 rings (SSSR count). The lowest BCUT2D eigenvalue weighted by Crippen LogP contribution is -2.37. The molecule has 0 fully saturated rings. The number of amides is 1. The van der Waals surface area contributed by atoms with Crippen LogP contribution in [0.2, 0.25) is 0 Å². The number of rotatable bonds is 4. The van der Waals surface area contributed by atoms with Gasteiger partial charge in [-0.1, -0.05) is 20.8 Å². The highest BCUT2D eigenvalue weighted by atomic mass is 16.1. The van der Waals surface area contributed by atoms with Crippen LogP contribution in [-0.2, 0) is 16.8 Å². The lowest BCUT2D eigenvalue weighted by atomic mass is 9.96. The van der Waals surface area contributed by atoms with Crippen molar-refractivity contribution in [3.63, 3.8) is 0 Å². The molecule has 1 atom stereocenters. The predicted octanol–water partition coefficient (Wildman–Crippen LogP) is -0.222. The molecule has 1 heterocycles. The number of primary amides is 1. The van der Waals surface area contributed by atoms with Crippen molar-refractivity contribution in [2.75, 3.05) is 0 Å². The average molecular weight is 225 g/mol. The van der Waals surface area contributed by atoms with Crippen LogP contribution >= 0.6 is 0 Å². The second-order valence-electron chi connectivity index (χ2n) is 4.88. The SMILES string of the molecule is CC(C)(C)c1ncn(CCC(N)C(N)=O)n1. The third-order valence-electron chi connectivity index (χ3n) is 2.24. The first-order chi connectivity index (χ1) is 7.30. The largest absolute Gasteiger partial charge is 0.368 e. The van der Waals surface area contributed by atoms with E-state index in [1.54, 1.807) is 11.0 Å². The topological polar surface area (TPSA) is 99.8 Å². The molecule has 0 spiro atoms. The molecule has 1 aromatic rings. The maximum Gasteiger partial charge on any atom is 0.234 e. The Morgan fingerprint density at radius 1 is 1.56 bits per heavy atom. The third kappa shape index (κ3) is 3.30. The highest BCUT2D eigenvalue weighted by molar-refractivity contribution is 5.79. The van der Waals surface area contributed by atoms with Gasteiger partial charge in [-0.2, -0.15) is 5.10 Å². The Morgan fingerprint density at radius 2 is 2.19 bits per heavy atom. The van der Waals surface area contributed by atoms with E-state index < -0.39 is 11.9 Å². The van der Waals surface area contributed by atoms with Gasteiger partial charge in [-0.3, -0.25) is 9.48 Å². The van der Waals surface area contributed by atoms with Gasteiger partial charge in [0.05, 0.1) is 6.04 Å². The molecule has 0 aliphatic heterocycles. The average Bonchev–Trinajstić information content (AvgIpc) is 2.61. The summed E-state index contributed by atoms with van der Waals surface area (Å²) in [5.41, 5.74) is 10.5. The second-order valence-corrected chi connectivity index (χ2v) is 4.88. The number of hydrogen-bond acceptors (Lipinski definition) is 4. The minimum atomic E-state index is -0.623. The van der Waals surface area contributed by atoms with E-state index in [2.05, 4.69) is 10.1 Å². The second kappa shape index (κ2) is 4.61. The van der Waals surface area contributed by atoms with E-state index in [1.807, 2.05) is 20.8 Å². The molecule has 0 aromatic carbocycles. The predicted molar refractivity (Wildman–Crippen MR) is 60.5 cm³/mol. The number of nitrogens with zero attached hydrogens (tertiary/aromatic N) is 3. The van der Waals surface area contributed by atoms with Gasteiger partial charge in [0.15, 0.2) is 5.82 Å². The zero-order valence-corrected chi connectivity index (χ0v) is 9.97. The molecule has 1 amide bonds. The normalized spacial score (nSPS) is 13.8. The van der Waals surface area contributed by atoms with Gasteiger partial charge in [0.1, 0.15) is 6.33 Å². The Morgan fingerprint density at radius 3 is 2.62 bits per heavy atom. The van der Waals surface area contributed by atoms with Crippen LogP contribution in [0.15, 0.2) is 6.33 Å². The summed E-state index contributed by atoms with van der Waals surface area (Å²) >= 11 is 0. The molecule has 0 radical (unpaired) electrons. The summed E-state index contributed by atoms with van der Waals surface area (Å²) in [5, 5.41) is 4.31. The lowest BCUT2D eigenvalue weighted by molar-refractivity contribution is -0.119. The quantitative estimate of drug-likeness (QED) is 0.739. The van der Waals surface area contributed by atoms with Crippen molar-refractivity contribution in [3.8, 4) is 0 Å². The van der Waals surface area contributed by atoms with E-state index in [-0.39, 0.29) is 5.41 Å². The van der Waals surface area contributed by atoms with Crippen LogP contribution in [0.1, 0.15) is 33.0 Å². The first-order valence-electron chi connectivity index (χ1n) is 5.25. The fraction of sp³-hybridized carbons (Fsp3) is 0.700. The molecule has 16 heavy (non-hydrogen) atoms. The van der Waals surface area contributed by atoms with Crippen molar-refractivity contribution < 1.29 is 4.79 Å². The maximum absolute atomic E-state index is 10.7. The lowest BCUT2D eigenvalue weighted by Gasteiger charge is -2.12. The molecule has 0 saturated carbocycles. The summed E-state index contributed by atoms with van der Waals surface area (Å²) in [4.78, 5) is 14.9. The summed E-state index contributed by atoms with van der Waals surface area (Å²) in [7, 11) is 0. The Labute approximate surface area is 95.0 Å². The van der Waals surface area contributed by atoms with Crippen molar-refractivity contribution >= 4 is 5.91 Å². The van der Waals surface area contributed by atoms with E-state index >= 15 is 0 Å². The van der Waals surface area contributed by atoms with Crippen LogP contribution < -0.4 is 11.5 Å². The van der Waals surface area contributed by atoms with Crippen molar-refractivity contribution in [2.24, 2.45) is 11.5 Å². The molecular weight excluding hydrogens is 206 g/mol. The fourth-order valence-corrected chi connectivity index (χ4v) is 1.16. The zero-order chi connectivity index (χ0) is 12.3. The summed E-state index contributed by atoms with van der Waals surface area (Å²) in [5.74, 6) is 0.288. The van der Waals surface area contributed by atoms with Gasteiger partial charge in [0.25, 0.3) is 0 Å². The minimum absolute atomic E-state index is 0.0724. The molecule has 0 saturated heterocycles. The third-order valence-corrected chi connectivity index (χ3v) is 2.24. The van der Waals surface area contributed by atoms with Crippen LogP contribution in [0.3, 0.4) is 0 Å². The molecular formula is C10H19N5O. The Kier molecular flexibility index (Phi) is 3.64. The van der Waals surface area contributed by atoms with Gasteiger partial charge in [-0.15, -0.1) is 0 Å². The van der Waals surface area contributed by atoms with Crippen molar-refractivity contribution in [1.82, 2.24) is 14.8 Å². The minimum Gasteiger partial charge on any atom is -0.368 e. The number of aryl methyl sites for hydroxylation is 1. The molecule has 4 N–H and O–H groups in total. The Bertz CT molecular complexity index is 366. The van der Waals surface area contributed by atoms with Gasteiger partial charge in [0.2, 0.25) is 5.91 Å².